The molecule has 130 valence electrons. The molecule has 2 heterocycles. The number of aliphatic carboxylic acids is 1. The SMILES string of the molecule is O=C(O)CCc1nccc(N=C2CCN(c3ccc(Cl)c(Cl)c3)N2)n1. The third kappa shape index (κ3) is 4.58. The van der Waals surface area contributed by atoms with Crippen molar-refractivity contribution in [2.75, 3.05) is 11.6 Å². The summed E-state index contributed by atoms with van der Waals surface area (Å²) in [5, 5.41) is 11.7. The summed E-state index contributed by atoms with van der Waals surface area (Å²) in [7, 11) is 0. The molecule has 1 aromatic heterocycles. The lowest BCUT2D eigenvalue weighted by Gasteiger charge is -2.18. The third-order valence-electron chi connectivity index (χ3n) is 3.55. The molecular formula is C16H15Cl2N5O2. The predicted molar refractivity (Wildman–Crippen MR) is 96.6 cm³/mol. The fourth-order valence-corrected chi connectivity index (χ4v) is 2.63. The largest absolute Gasteiger partial charge is 0.481 e. The fraction of sp³-hybridized carbons (Fsp3) is 0.250. The van der Waals surface area contributed by atoms with Gasteiger partial charge in [-0.05, 0) is 18.2 Å². The van der Waals surface area contributed by atoms with Crippen molar-refractivity contribution in [3.05, 3.63) is 46.3 Å². The van der Waals surface area contributed by atoms with Crippen LogP contribution >= 0.6 is 23.2 Å². The lowest BCUT2D eigenvalue weighted by molar-refractivity contribution is -0.137. The quantitative estimate of drug-likeness (QED) is 0.828. The number of anilines is 1. The average molecular weight is 380 g/mol. The van der Waals surface area contributed by atoms with Crippen LogP contribution in [0.5, 0.6) is 0 Å². The Labute approximate surface area is 154 Å². The number of carboxylic acid groups (broad SMARTS) is 1. The molecule has 9 heteroatoms. The number of carboxylic acids is 1. The van der Waals surface area contributed by atoms with Crippen molar-refractivity contribution in [3.8, 4) is 0 Å². The maximum absolute atomic E-state index is 10.6. The Bertz CT molecular complexity index is 828. The highest BCUT2D eigenvalue weighted by molar-refractivity contribution is 6.42. The highest BCUT2D eigenvalue weighted by atomic mass is 35.5. The first-order chi connectivity index (χ1) is 12.0. The molecule has 1 aromatic carbocycles. The van der Waals surface area contributed by atoms with Gasteiger partial charge in [0, 0.05) is 31.6 Å². The number of amidine groups is 1. The van der Waals surface area contributed by atoms with E-state index in [1.54, 1.807) is 24.4 Å². The molecule has 0 saturated carbocycles. The van der Waals surface area contributed by atoms with Crippen LogP contribution < -0.4 is 10.4 Å². The van der Waals surface area contributed by atoms with Gasteiger partial charge in [0.2, 0.25) is 0 Å². The number of aliphatic imine (C=N–C) groups is 1. The smallest absolute Gasteiger partial charge is 0.303 e. The van der Waals surface area contributed by atoms with Gasteiger partial charge in [0.15, 0.2) is 5.82 Å². The highest BCUT2D eigenvalue weighted by Crippen LogP contribution is 2.27. The predicted octanol–water partition coefficient (Wildman–Crippen LogP) is 3.25. The Balaban J connectivity index is 1.70. The number of carbonyl (C=O) groups is 1. The zero-order valence-corrected chi connectivity index (χ0v) is 14.6. The molecule has 2 aromatic rings. The van der Waals surface area contributed by atoms with Gasteiger partial charge in [0.05, 0.1) is 22.2 Å². The van der Waals surface area contributed by atoms with Gasteiger partial charge >= 0.3 is 5.97 Å². The van der Waals surface area contributed by atoms with Crippen molar-refractivity contribution in [1.29, 1.82) is 0 Å². The highest BCUT2D eigenvalue weighted by Gasteiger charge is 2.18. The van der Waals surface area contributed by atoms with Crippen LogP contribution in [0.1, 0.15) is 18.7 Å². The number of hydrazine groups is 1. The molecule has 0 amide bonds. The Morgan fingerprint density at radius 3 is 2.92 bits per heavy atom. The third-order valence-corrected chi connectivity index (χ3v) is 4.29. The zero-order chi connectivity index (χ0) is 17.8. The number of halogens is 2. The summed E-state index contributed by atoms with van der Waals surface area (Å²) >= 11 is 12.0. The standard InChI is InChI=1S/C16H15Cl2N5O2/c17-11-2-1-10(9-12(11)18)23-8-6-15(22-23)21-14-5-7-19-13(20-14)3-4-16(24)25/h1-2,5,7,9H,3-4,6,8H2,(H,24,25)(H,19,20,21,22). The summed E-state index contributed by atoms with van der Waals surface area (Å²) < 4.78 is 0. The Hall–Kier alpha value is -2.38. The van der Waals surface area contributed by atoms with E-state index in [1.807, 2.05) is 11.1 Å². The summed E-state index contributed by atoms with van der Waals surface area (Å²) in [5.74, 6) is 0.835. The molecule has 1 aliphatic rings. The normalized spacial score (nSPS) is 15.4. The summed E-state index contributed by atoms with van der Waals surface area (Å²) in [5.41, 5.74) is 4.09. The van der Waals surface area contributed by atoms with Crippen LogP contribution in [-0.4, -0.2) is 33.4 Å². The second kappa shape index (κ2) is 7.67. The van der Waals surface area contributed by atoms with Gasteiger partial charge in [-0.2, -0.15) is 0 Å². The van der Waals surface area contributed by atoms with E-state index in [1.165, 1.54) is 0 Å². The summed E-state index contributed by atoms with van der Waals surface area (Å²) in [6.45, 7) is 0.730. The molecule has 0 spiro atoms. The van der Waals surface area contributed by atoms with Crippen LogP contribution in [0, 0.1) is 0 Å². The van der Waals surface area contributed by atoms with Crippen LogP contribution in [0.15, 0.2) is 35.5 Å². The van der Waals surface area contributed by atoms with E-state index in [2.05, 4.69) is 20.4 Å². The Kier molecular flexibility index (Phi) is 5.35. The summed E-state index contributed by atoms with van der Waals surface area (Å²) in [6.07, 6.45) is 2.56. The van der Waals surface area contributed by atoms with E-state index >= 15 is 0 Å². The van der Waals surface area contributed by atoms with Crippen molar-refractivity contribution in [1.82, 2.24) is 15.4 Å². The molecule has 0 bridgehead atoms. The van der Waals surface area contributed by atoms with Gasteiger partial charge in [-0.25, -0.2) is 15.0 Å². The van der Waals surface area contributed by atoms with Gasteiger partial charge in [0.1, 0.15) is 11.7 Å². The fourth-order valence-electron chi connectivity index (χ4n) is 2.34. The van der Waals surface area contributed by atoms with Gasteiger partial charge in [0.25, 0.3) is 0 Å². The number of aromatic nitrogens is 2. The average Bonchev–Trinajstić information content (AvgIpc) is 3.04. The molecule has 0 unspecified atom stereocenters. The minimum Gasteiger partial charge on any atom is -0.481 e. The number of nitrogens with zero attached hydrogens (tertiary/aromatic N) is 4. The van der Waals surface area contributed by atoms with Gasteiger partial charge in [-0.15, -0.1) is 0 Å². The lowest BCUT2D eigenvalue weighted by Crippen LogP contribution is -2.33. The first-order valence-corrected chi connectivity index (χ1v) is 8.37. The molecule has 0 aliphatic carbocycles. The van der Waals surface area contributed by atoms with E-state index in [-0.39, 0.29) is 12.8 Å². The molecule has 1 fully saturated rings. The van der Waals surface area contributed by atoms with Crippen molar-refractivity contribution >= 4 is 46.5 Å². The Morgan fingerprint density at radius 1 is 1.32 bits per heavy atom. The van der Waals surface area contributed by atoms with E-state index in [9.17, 15) is 4.79 Å². The minimum atomic E-state index is -0.880. The molecule has 0 radical (unpaired) electrons. The number of hydrogen-bond acceptors (Lipinski definition) is 5. The monoisotopic (exact) mass is 379 g/mol. The van der Waals surface area contributed by atoms with Crippen LogP contribution in [0.2, 0.25) is 10.0 Å². The molecule has 2 N–H and O–H groups in total. The molecule has 3 rings (SSSR count). The maximum Gasteiger partial charge on any atom is 0.303 e. The van der Waals surface area contributed by atoms with Crippen molar-refractivity contribution < 1.29 is 9.90 Å². The first kappa shape index (κ1) is 17.4. The second-order valence-electron chi connectivity index (χ2n) is 5.40. The van der Waals surface area contributed by atoms with Gasteiger partial charge in [-0.3, -0.25) is 15.2 Å². The second-order valence-corrected chi connectivity index (χ2v) is 6.21. The van der Waals surface area contributed by atoms with Crippen molar-refractivity contribution in [3.63, 3.8) is 0 Å². The van der Waals surface area contributed by atoms with Crippen LogP contribution in [-0.2, 0) is 11.2 Å². The maximum atomic E-state index is 10.6. The number of nitrogens with one attached hydrogen (secondary N) is 1. The van der Waals surface area contributed by atoms with E-state index in [0.29, 0.717) is 28.1 Å². The molecular weight excluding hydrogens is 365 g/mol. The van der Waals surface area contributed by atoms with Crippen LogP contribution in [0.4, 0.5) is 11.5 Å². The minimum absolute atomic E-state index is 0.0105. The van der Waals surface area contributed by atoms with E-state index in [4.69, 9.17) is 28.3 Å². The molecule has 1 saturated heterocycles. The topological polar surface area (TPSA) is 90.7 Å². The van der Waals surface area contributed by atoms with Crippen molar-refractivity contribution in [2.24, 2.45) is 4.99 Å². The molecule has 7 nitrogen and oxygen atoms in total. The molecule has 1 aliphatic heterocycles. The number of rotatable bonds is 5. The van der Waals surface area contributed by atoms with E-state index in [0.717, 1.165) is 18.1 Å². The van der Waals surface area contributed by atoms with E-state index < -0.39 is 5.97 Å². The number of benzene rings is 1. The molecule has 0 atom stereocenters. The van der Waals surface area contributed by atoms with Crippen LogP contribution in [0.25, 0.3) is 0 Å². The van der Waals surface area contributed by atoms with Crippen molar-refractivity contribution in [2.45, 2.75) is 19.3 Å². The lowest BCUT2D eigenvalue weighted by atomic mass is 10.3. The molecule has 25 heavy (non-hydrogen) atoms. The zero-order valence-electron chi connectivity index (χ0n) is 13.1. The van der Waals surface area contributed by atoms with Gasteiger partial charge < -0.3 is 5.11 Å². The number of hydrogen-bond donors (Lipinski definition) is 2. The summed E-state index contributed by atoms with van der Waals surface area (Å²) in [4.78, 5) is 23.4. The Morgan fingerprint density at radius 2 is 2.16 bits per heavy atom. The van der Waals surface area contributed by atoms with Crippen LogP contribution in [0.3, 0.4) is 0 Å². The first-order valence-electron chi connectivity index (χ1n) is 7.62. The number of aryl methyl sites for hydroxylation is 1. The van der Waals surface area contributed by atoms with Gasteiger partial charge in [-0.1, -0.05) is 23.2 Å². The summed E-state index contributed by atoms with van der Waals surface area (Å²) in [6, 6.07) is 7.09.